The van der Waals surface area contributed by atoms with Crippen molar-refractivity contribution in [3.05, 3.63) is 12.3 Å². The normalized spacial score (nSPS) is 35.2. The summed E-state index contributed by atoms with van der Waals surface area (Å²) in [6, 6.07) is 0. The Morgan fingerprint density at radius 1 is 1.48 bits per heavy atom. The lowest BCUT2D eigenvalue weighted by atomic mass is 9.94. The van der Waals surface area contributed by atoms with Gasteiger partial charge in [-0.15, -0.1) is 6.42 Å². The first-order valence-electron chi connectivity index (χ1n) is 9.73. The minimum absolute atomic E-state index is 0.0475. The lowest BCUT2D eigenvalue weighted by Crippen LogP contribution is -2.56. The van der Waals surface area contributed by atoms with Gasteiger partial charge in [0, 0.05) is 12.6 Å². The minimum atomic E-state index is -4.12. The molecule has 0 unspecified atom stereocenters. The number of allylic oxidation sites excluding steroid dienone is 1. The molecular formula is C19H24NO10P. The van der Waals surface area contributed by atoms with Crippen LogP contribution in [0.1, 0.15) is 33.1 Å². The van der Waals surface area contributed by atoms with Gasteiger partial charge in [0.05, 0.1) is 25.7 Å². The van der Waals surface area contributed by atoms with Crippen molar-refractivity contribution in [1.82, 2.24) is 4.90 Å². The molecule has 31 heavy (non-hydrogen) atoms. The molecule has 1 N–H and O–H groups in total. The van der Waals surface area contributed by atoms with E-state index >= 15 is 0 Å². The van der Waals surface area contributed by atoms with Crippen LogP contribution in [0.15, 0.2) is 12.3 Å². The summed E-state index contributed by atoms with van der Waals surface area (Å²) in [4.78, 5) is 36.2. The zero-order valence-electron chi connectivity index (χ0n) is 17.1. The van der Waals surface area contributed by atoms with Gasteiger partial charge in [-0.25, -0.2) is 4.57 Å². The van der Waals surface area contributed by atoms with Gasteiger partial charge in [-0.1, -0.05) is 5.92 Å². The van der Waals surface area contributed by atoms with E-state index in [1.54, 1.807) is 13.8 Å². The number of rotatable bonds is 7. The number of phosphoric acid groups is 1. The summed E-state index contributed by atoms with van der Waals surface area (Å²) in [5.41, 5.74) is -2.17. The van der Waals surface area contributed by atoms with Crippen LogP contribution in [0.3, 0.4) is 0 Å². The number of terminal acetylenes is 1. The van der Waals surface area contributed by atoms with Crippen molar-refractivity contribution < 1.29 is 47.1 Å². The van der Waals surface area contributed by atoms with Crippen molar-refractivity contribution in [1.29, 1.82) is 0 Å². The Bertz CT molecular complexity index is 864. The second-order valence-corrected chi connectivity index (χ2v) is 9.12. The highest BCUT2D eigenvalue weighted by Gasteiger charge is 2.63. The Hall–Kier alpha value is -2.06. The van der Waals surface area contributed by atoms with Gasteiger partial charge in [0.25, 0.3) is 0 Å². The molecule has 12 heteroatoms. The van der Waals surface area contributed by atoms with Crippen molar-refractivity contribution in [2.75, 3.05) is 13.2 Å². The third kappa shape index (κ3) is 5.06. The summed E-state index contributed by atoms with van der Waals surface area (Å²) >= 11 is 0. The largest absolute Gasteiger partial charge is 0.475 e. The maximum Gasteiger partial charge on any atom is 0.475 e. The fourth-order valence-electron chi connectivity index (χ4n) is 3.34. The van der Waals surface area contributed by atoms with Gasteiger partial charge in [0.2, 0.25) is 5.91 Å². The van der Waals surface area contributed by atoms with Crippen LogP contribution in [0.2, 0.25) is 0 Å². The molecule has 1 amide bonds. The predicted octanol–water partition coefficient (Wildman–Crippen LogP) is 0.663. The highest BCUT2D eigenvalue weighted by Crippen LogP contribution is 2.57. The predicted molar refractivity (Wildman–Crippen MR) is 103 cm³/mol. The summed E-state index contributed by atoms with van der Waals surface area (Å²) in [6.45, 7) is 3.04. The van der Waals surface area contributed by atoms with Gasteiger partial charge in [0.1, 0.15) is 12.2 Å². The van der Waals surface area contributed by atoms with E-state index < -0.39 is 55.9 Å². The first kappa shape index (κ1) is 23.6. The molecule has 3 heterocycles. The molecule has 170 valence electrons. The fraction of sp³-hybridized carbons (Fsp3) is 0.632. The first-order chi connectivity index (χ1) is 14.6. The van der Waals surface area contributed by atoms with Crippen molar-refractivity contribution in [3.8, 4) is 12.3 Å². The summed E-state index contributed by atoms with van der Waals surface area (Å²) in [5, 5.41) is 11.1. The van der Waals surface area contributed by atoms with E-state index in [9.17, 15) is 24.1 Å². The Kier molecular flexibility index (Phi) is 7.01. The summed E-state index contributed by atoms with van der Waals surface area (Å²) < 4.78 is 39.3. The number of phosphoric ester groups is 1. The van der Waals surface area contributed by atoms with Crippen LogP contribution in [0, 0.1) is 12.3 Å². The van der Waals surface area contributed by atoms with E-state index in [0.29, 0.717) is 0 Å². The van der Waals surface area contributed by atoms with E-state index in [0.717, 1.165) is 4.90 Å². The standard InChI is InChI=1S/C19H24NO10P/c1-4-19(24)17-14(29-18(19)20-8-7-13(21)10-15(20)22)11-27-31(25,30-17)26-9-5-6-16(23)28-12(2)3/h1,7-8,12,14,17-18,24H,5-6,9-11H2,2-3H3/t14-,17-,18-,19-,31-/m1/s1. The molecule has 0 radical (unpaired) electrons. The lowest BCUT2D eigenvalue weighted by molar-refractivity contribution is -0.152. The Morgan fingerprint density at radius 3 is 2.87 bits per heavy atom. The number of carbonyl (C=O) groups excluding carboxylic acids is 3. The number of ether oxygens (including phenoxy) is 2. The van der Waals surface area contributed by atoms with Gasteiger partial charge >= 0.3 is 13.8 Å². The molecule has 3 rings (SSSR count). The number of ketones is 1. The molecule has 0 aliphatic carbocycles. The quantitative estimate of drug-likeness (QED) is 0.191. The van der Waals surface area contributed by atoms with Crippen molar-refractivity contribution in [2.24, 2.45) is 0 Å². The third-order valence-corrected chi connectivity index (χ3v) is 6.20. The number of carbonyl (C=O) groups is 3. The molecule has 3 aliphatic rings. The zero-order valence-corrected chi connectivity index (χ0v) is 18.0. The molecule has 2 saturated heterocycles. The van der Waals surface area contributed by atoms with Crippen molar-refractivity contribution >= 4 is 25.5 Å². The lowest BCUT2D eigenvalue weighted by Gasteiger charge is -2.36. The number of fused-ring (bicyclic) bond motifs is 1. The number of esters is 1. The minimum Gasteiger partial charge on any atom is -0.463 e. The van der Waals surface area contributed by atoms with Crippen molar-refractivity contribution in [2.45, 2.75) is 63.3 Å². The second-order valence-electron chi connectivity index (χ2n) is 7.50. The summed E-state index contributed by atoms with van der Waals surface area (Å²) in [6.07, 6.45) is 3.85. The van der Waals surface area contributed by atoms with Crippen LogP contribution < -0.4 is 0 Å². The van der Waals surface area contributed by atoms with Gasteiger partial charge < -0.3 is 14.6 Å². The molecule has 0 aromatic rings. The SMILES string of the molecule is C#C[C@@]1(O)[C@@H]2O[P@](=O)(OCCCC(=O)OC(C)C)OC[C@H]2O[C@H]1N1C=CC(=O)CC1=O. The van der Waals surface area contributed by atoms with Crippen molar-refractivity contribution in [3.63, 3.8) is 0 Å². The van der Waals surface area contributed by atoms with Crippen LogP contribution >= 0.6 is 7.82 Å². The number of hydrogen-bond donors (Lipinski definition) is 1. The zero-order chi connectivity index (χ0) is 22.8. The number of amides is 1. The average molecular weight is 457 g/mol. The second kappa shape index (κ2) is 9.20. The number of aliphatic hydroxyl groups is 1. The van der Waals surface area contributed by atoms with Crippen LogP contribution in [-0.2, 0) is 42.0 Å². The first-order valence-corrected chi connectivity index (χ1v) is 11.2. The summed E-state index contributed by atoms with van der Waals surface area (Å²) in [7, 11) is -4.12. The van der Waals surface area contributed by atoms with E-state index in [2.05, 4.69) is 5.92 Å². The third-order valence-electron chi connectivity index (χ3n) is 4.75. The molecule has 3 aliphatic heterocycles. The topological polar surface area (TPSA) is 138 Å². The summed E-state index contributed by atoms with van der Waals surface area (Å²) in [5.74, 6) is 0.728. The van der Waals surface area contributed by atoms with Crippen LogP contribution in [0.4, 0.5) is 0 Å². The van der Waals surface area contributed by atoms with Gasteiger partial charge in [-0.2, -0.15) is 0 Å². The maximum atomic E-state index is 12.8. The van der Waals surface area contributed by atoms with Gasteiger partial charge in [-0.05, 0) is 26.3 Å². The van der Waals surface area contributed by atoms with E-state index in [4.69, 9.17) is 29.5 Å². The Morgan fingerprint density at radius 2 is 2.23 bits per heavy atom. The fourth-order valence-corrected chi connectivity index (χ4v) is 4.80. The number of nitrogens with zero attached hydrogens (tertiary/aromatic N) is 1. The van der Waals surface area contributed by atoms with Gasteiger partial charge in [-0.3, -0.25) is 32.9 Å². The molecule has 2 fully saturated rings. The van der Waals surface area contributed by atoms with Crippen LogP contribution in [0.5, 0.6) is 0 Å². The maximum absolute atomic E-state index is 12.8. The molecule has 0 aromatic heterocycles. The molecule has 0 bridgehead atoms. The molecule has 0 spiro atoms. The van der Waals surface area contributed by atoms with Crippen LogP contribution in [0.25, 0.3) is 0 Å². The molecule has 5 atom stereocenters. The molecular weight excluding hydrogens is 433 g/mol. The molecule has 0 saturated carbocycles. The smallest absolute Gasteiger partial charge is 0.463 e. The monoisotopic (exact) mass is 457 g/mol. The molecule has 0 aromatic carbocycles. The molecule has 11 nitrogen and oxygen atoms in total. The van der Waals surface area contributed by atoms with E-state index in [1.807, 2.05) is 0 Å². The van der Waals surface area contributed by atoms with Crippen LogP contribution in [-0.4, -0.2) is 71.0 Å². The highest BCUT2D eigenvalue weighted by atomic mass is 31.2. The number of hydrogen-bond acceptors (Lipinski definition) is 10. The highest BCUT2D eigenvalue weighted by molar-refractivity contribution is 7.48. The van der Waals surface area contributed by atoms with Gasteiger partial charge in [0.15, 0.2) is 17.6 Å². The average Bonchev–Trinajstić information content (AvgIpc) is 2.97. The van der Waals surface area contributed by atoms with E-state index in [1.165, 1.54) is 12.3 Å². The van der Waals surface area contributed by atoms with E-state index in [-0.39, 0.29) is 32.2 Å². The Labute approximate surface area is 179 Å². The Balaban J connectivity index is 1.64.